The fourth-order valence-corrected chi connectivity index (χ4v) is 1.75. The molecule has 2 amide bonds. The van der Waals surface area contributed by atoms with Gasteiger partial charge < -0.3 is 24.8 Å². The zero-order chi connectivity index (χ0) is 16.5. The van der Waals surface area contributed by atoms with Gasteiger partial charge in [0.25, 0.3) is 0 Å². The highest BCUT2D eigenvalue weighted by Crippen LogP contribution is 2.39. The van der Waals surface area contributed by atoms with Crippen molar-refractivity contribution in [2.75, 3.05) is 33.2 Å². The van der Waals surface area contributed by atoms with Gasteiger partial charge in [-0.05, 0) is 0 Å². The number of benzene rings is 1. The van der Waals surface area contributed by atoms with E-state index in [0.717, 1.165) is 0 Å². The summed E-state index contributed by atoms with van der Waals surface area (Å²) in [7, 11) is 4.44. The molecule has 22 heavy (non-hydrogen) atoms. The van der Waals surface area contributed by atoms with E-state index in [1.807, 2.05) is 0 Å². The van der Waals surface area contributed by atoms with Crippen LogP contribution >= 0.6 is 0 Å². The average molecular weight is 308 g/mol. The third kappa shape index (κ3) is 4.69. The molecule has 0 fully saturated rings. The van der Waals surface area contributed by atoms with Crippen molar-refractivity contribution in [1.29, 1.82) is 0 Å². The zero-order valence-electron chi connectivity index (χ0n) is 12.9. The molecule has 120 valence electrons. The minimum Gasteiger partial charge on any atom is -0.493 e. The van der Waals surface area contributed by atoms with Crippen molar-refractivity contribution in [3.8, 4) is 17.2 Å². The smallest absolute Gasteiger partial charge is 0.233 e. The topological polar surface area (TPSA) is 85.9 Å². The van der Waals surface area contributed by atoms with Crippen molar-refractivity contribution in [1.82, 2.24) is 5.32 Å². The first-order chi connectivity index (χ1) is 10.5. The normalized spacial score (nSPS) is 9.59. The van der Waals surface area contributed by atoms with Crippen molar-refractivity contribution in [3.63, 3.8) is 0 Å². The number of amides is 2. The number of methoxy groups -OCH3 is 3. The lowest BCUT2D eigenvalue weighted by molar-refractivity contribution is -0.126. The Balaban J connectivity index is 2.82. The molecule has 1 aromatic carbocycles. The van der Waals surface area contributed by atoms with Crippen molar-refractivity contribution in [2.45, 2.75) is 6.42 Å². The molecule has 1 aromatic rings. The molecule has 0 radical (unpaired) electrons. The highest BCUT2D eigenvalue weighted by Gasteiger charge is 2.15. The van der Waals surface area contributed by atoms with Gasteiger partial charge in [-0.1, -0.05) is 6.08 Å². The minimum atomic E-state index is -0.448. The number of hydrogen-bond acceptors (Lipinski definition) is 5. The molecule has 0 saturated heterocycles. The van der Waals surface area contributed by atoms with Crippen LogP contribution in [0.25, 0.3) is 0 Å². The third-order valence-electron chi connectivity index (χ3n) is 2.71. The van der Waals surface area contributed by atoms with Crippen molar-refractivity contribution in [2.24, 2.45) is 0 Å². The fourth-order valence-electron chi connectivity index (χ4n) is 1.75. The molecule has 2 N–H and O–H groups in total. The number of carbonyl (C=O) groups is 2. The van der Waals surface area contributed by atoms with Crippen LogP contribution in [0.1, 0.15) is 6.42 Å². The summed E-state index contributed by atoms with van der Waals surface area (Å²) in [5, 5.41) is 5.13. The summed E-state index contributed by atoms with van der Waals surface area (Å²) >= 11 is 0. The zero-order valence-corrected chi connectivity index (χ0v) is 12.9. The first-order valence-corrected chi connectivity index (χ1v) is 6.53. The van der Waals surface area contributed by atoms with E-state index in [-0.39, 0.29) is 12.3 Å². The molecule has 0 aromatic heterocycles. The van der Waals surface area contributed by atoms with Crippen LogP contribution in [0.5, 0.6) is 17.2 Å². The fraction of sp³-hybridized carbons (Fsp3) is 0.333. The lowest BCUT2D eigenvalue weighted by Gasteiger charge is -2.14. The monoisotopic (exact) mass is 308 g/mol. The van der Waals surface area contributed by atoms with Gasteiger partial charge >= 0.3 is 0 Å². The highest BCUT2D eigenvalue weighted by atomic mass is 16.5. The van der Waals surface area contributed by atoms with Gasteiger partial charge in [-0.25, -0.2) is 0 Å². The lowest BCUT2D eigenvalue weighted by Crippen LogP contribution is -2.28. The van der Waals surface area contributed by atoms with E-state index in [1.54, 1.807) is 12.1 Å². The molecule has 0 bridgehead atoms. The van der Waals surface area contributed by atoms with E-state index in [4.69, 9.17) is 14.2 Å². The summed E-state index contributed by atoms with van der Waals surface area (Å²) in [5.74, 6) is 0.411. The molecular weight excluding hydrogens is 288 g/mol. The SMILES string of the molecule is C=CCNC(=O)CC(=O)Nc1cc(OC)c(OC)c(OC)c1. The molecule has 0 heterocycles. The van der Waals surface area contributed by atoms with Crippen LogP contribution in [0.4, 0.5) is 5.69 Å². The van der Waals surface area contributed by atoms with Gasteiger partial charge in [-0.3, -0.25) is 9.59 Å². The molecule has 0 atom stereocenters. The second-order valence-electron chi connectivity index (χ2n) is 4.23. The van der Waals surface area contributed by atoms with Gasteiger partial charge in [0, 0.05) is 24.4 Å². The summed E-state index contributed by atoms with van der Waals surface area (Å²) in [5.41, 5.74) is 0.441. The summed E-state index contributed by atoms with van der Waals surface area (Å²) < 4.78 is 15.6. The number of anilines is 1. The Kier molecular flexibility index (Phi) is 6.75. The number of rotatable bonds is 8. The predicted octanol–water partition coefficient (Wildman–Crippen LogP) is 1.34. The molecule has 0 spiro atoms. The van der Waals surface area contributed by atoms with E-state index >= 15 is 0 Å². The molecule has 7 nitrogen and oxygen atoms in total. The molecular formula is C15H20N2O5. The largest absolute Gasteiger partial charge is 0.493 e. The van der Waals surface area contributed by atoms with E-state index in [9.17, 15) is 9.59 Å². The van der Waals surface area contributed by atoms with E-state index in [2.05, 4.69) is 17.2 Å². The molecule has 0 aliphatic rings. The number of carbonyl (C=O) groups excluding carboxylic acids is 2. The number of ether oxygens (including phenoxy) is 3. The first kappa shape index (κ1) is 17.4. The van der Waals surface area contributed by atoms with Gasteiger partial charge in [-0.2, -0.15) is 0 Å². The Labute approximate surface area is 129 Å². The van der Waals surface area contributed by atoms with Crippen LogP contribution in [0.3, 0.4) is 0 Å². The standard InChI is InChI=1S/C15H20N2O5/c1-5-6-16-13(18)9-14(19)17-10-7-11(20-2)15(22-4)12(8-10)21-3/h5,7-8H,1,6,9H2,2-4H3,(H,16,18)(H,17,19). The quantitative estimate of drug-likeness (QED) is 0.559. The van der Waals surface area contributed by atoms with Crippen LogP contribution in [0.15, 0.2) is 24.8 Å². The first-order valence-electron chi connectivity index (χ1n) is 6.53. The number of nitrogens with one attached hydrogen (secondary N) is 2. The molecule has 0 aliphatic carbocycles. The second kappa shape index (κ2) is 8.56. The molecule has 7 heteroatoms. The van der Waals surface area contributed by atoms with Crippen LogP contribution in [0.2, 0.25) is 0 Å². The van der Waals surface area contributed by atoms with Crippen LogP contribution < -0.4 is 24.8 Å². The molecule has 0 aliphatic heterocycles. The van der Waals surface area contributed by atoms with Gasteiger partial charge in [0.05, 0.1) is 21.3 Å². The maximum absolute atomic E-state index is 11.8. The molecule has 0 saturated carbocycles. The second-order valence-corrected chi connectivity index (χ2v) is 4.23. The lowest BCUT2D eigenvalue weighted by atomic mass is 10.2. The Morgan fingerprint density at radius 1 is 1.09 bits per heavy atom. The summed E-state index contributed by atoms with van der Waals surface area (Å²) in [4.78, 5) is 23.3. The summed E-state index contributed by atoms with van der Waals surface area (Å²) in [6, 6.07) is 3.17. The Bertz CT molecular complexity index is 532. The van der Waals surface area contributed by atoms with E-state index in [1.165, 1.54) is 27.4 Å². The van der Waals surface area contributed by atoms with Crippen molar-refractivity contribution >= 4 is 17.5 Å². The molecule has 0 unspecified atom stereocenters. The van der Waals surface area contributed by atoms with Gasteiger partial charge in [0.15, 0.2) is 11.5 Å². The van der Waals surface area contributed by atoms with Crippen LogP contribution in [-0.4, -0.2) is 39.7 Å². The van der Waals surface area contributed by atoms with Crippen molar-refractivity contribution in [3.05, 3.63) is 24.8 Å². The predicted molar refractivity (Wildman–Crippen MR) is 82.6 cm³/mol. The maximum atomic E-state index is 11.8. The maximum Gasteiger partial charge on any atom is 0.233 e. The average Bonchev–Trinajstić information content (AvgIpc) is 2.51. The van der Waals surface area contributed by atoms with Gasteiger partial charge in [0.2, 0.25) is 17.6 Å². The van der Waals surface area contributed by atoms with Crippen LogP contribution in [-0.2, 0) is 9.59 Å². The van der Waals surface area contributed by atoms with E-state index in [0.29, 0.717) is 29.5 Å². The third-order valence-corrected chi connectivity index (χ3v) is 2.71. The summed E-state index contributed by atoms with van der Waals surface area (Å²) in [6.45, 7) is 3.79. The molecule has 1 rings (SSSR count). The Morgan fingerprint density at radius 2 is 1.68 bits per heavy atom. The summed E-state index contributed by atoms with van der Waals surface area (Å²) in [6.07, 6.45) is 1.25. The van der Waals surface area contributed by atoms with Gasteiger partial charge in [-0.15, -0.1) is 6.58 Å². The minimum absolute atomic E-state index is 0.287. The van der Waals surface area contributed by atoms with E-state index < -0.39 is 5.91 Å². The Morgan fingerprint density at radius 3 is 2.14 bits per heavy atom. The highest BCUT2D eigenvalue weighted by molar-refractivity contribution is 6.03. The van der Waals surface area contributed by atoms with Gasteiger partial charge in [0.1, 0.15) is 6.42 Å². The number of hydrogen-bond donors (Lipinski definition) is 2. The van der Waals surface area contributed by atoms with Crippen LogP contribution in [0, 0.1) is 0 Å². The van der Waals surface area contributed by atoms with Crippen molar-refractivity contribution < 1.29 is 23.8 Å². The Hall–Kier alpha value is -2.70.